The summed E-state index contributed by atoms with van der Waals surface area (Å²) in [6.07, 6.45) is 0.463. The molecule has 1 fully saturated rings. The summed E-state index contributed by atoms with van der Waals surface area (Å²) in [6, 6.07) is -0.330. The largest absolute Gasteiger partial charge is 0.366 e. The first-order valence-electron chi connectivity index (χ1n) is 5.44. The number of hydrogen-bond acceptors (Lipinski definition) is 3. The Morgan fingerprint density at radius 3 is 2.53 bits per heavy atom. The van der Waals surface area contributed by atoms with Crippen LogP contribution in [0.15, 0.2) is 17.1 Å². The Bertz CT molecular complexity index is 624. The third-order valence-electron chi connectivity index (χ3n) is 2.93. The highest BCUT2D eigenvalue weighted by Crippen LogP contribution is 2.51. The second-order valence-corrected chi connectivity index (χ2v) is 4.28. The zero-order valence-electron chi connectivity index (χ0n) is 9.94. The highest BCUT2D eigenvalue weighted by atomic mass is 19.3. The summed E-state index contributed by atoms with van der Waals surface area (Å²) >= 11 is 0. The van der Waals surface area contributed by atoms with Gasteiger partial charge >= 0.3 is 0 Å². The highest BCUT2D eigenvalue weighted by molar-refractivity contribution is 5.98. The molecule has 0 radical (unpaired) electrons. The lowest BCUT2D eigenvalue weighted by atomic mass is 10.1. The number of nitrogens with two attached hydrogens (primary N) is 1. The SMILES string of the molecule is CNC(=O)c1cc(C(N)=O)cn(C2CC2(F)F)c1=O. The quantitative estimate of drug-likeness (QED) is 0.803. The van der Waals surface area contributed by atoms with Gasteiger partial charge in [0.25, 0.3) is 17.4 Å². The molecule has 8 heteroatoms. The van der Waals surface area contributed by atoms with E-state index >= 15 is 0 Å². The van der Waals surface area contributed by atoms with E-state index < -0.39 is 35.8 Å². The molecule has 1 unspecified atom stereocenters. The fourth-order valence-electron chi connectivity index (χ4n) is 1.77. The normalized spacial score (nSPS) is 19.8. The Morgan fingerprint density at radius 1 is 1.53 bits per heavy atom. The average Bonchev–Trinajstić information content (AvgIpc) is 2.97. The predicted molar refractivity (Wildman–Crippen MR) is 61.2 cm³/mol. The third kappa shape index (κ3) is 2.20. The summed E-state index contributed by atoms with van der Waals surface area (Å²) in [6.45, 7) is 0. The maximum Gasteiger partial charge on any atom is 0.270 e. The van der Waals surface area contributed by atoms with E-state index in [1.54, 1.807) is 0 Å². The molecule has 0 aliphatic heterocycles. The number of alkyl halides is 2. The fraction of sp³-hybridized carbons (Fsp3) is 0.364. The minimum atomic E-state index is -3.00. The molecule has 1 saturated carbocycles. The standard InChI is InChI=1S/C11H11F2N3O3/c1-15-9(18)6-2-5(8(14)17)4-16(10(6)19)7-3-11(7,12)13/h2,4,7H,3H2,1H3,(H2,14,17)(H,15,18). The molecule has 102 valence electrons. The number of nitrogens with one attached hydrogen (secondary N) is 1. The molecule has 0 aromatic carbocycles. The summed E-state index contributed by atoms with van der Waals surface area (Å²) in [5.74, 6) is -4.66. The predicted octanol–water partition coefficient (Wildman–Crippen LogP) is -0.113. The molecular formula is C11H11F2N3O3. The van der Waals surface area contributed by atoms with Gasteiger partial charge in [0.1, 0.15) is 11.6 Å². The molecule has 1 aliphatic carbocycles. The van der Waals surface area contributed by atoms with Crippen LogP contribution >= 0.6 is 0 Å². The monoisotopic (exact) mass is 271 g/mol. The first kappa shape index (κ1) is 13.2. The average molecular weight is 271 g/mol. The van der Waals surface area contributed by atoms with Gasteiger partial charge in [-0.3, -0.25) is 14.4 Å². The number of carbonyl (C=O) groups is 2. The van der Waals surface area contributed by atoms with E-state index in [0.29, 0.717) is 4.57 Å². The van der Waals surface area contributed by atoms with E-state index in [2.05, 4.69) is 5.32 Å². The number of rotatable bonds is 3. The van der Waals surface area contributed by atoms with Gasteiger partial charge in [0.05, 0.1) is 5.56 Å². The molecule has 1 heterocycles. The van der Waals surface area contributed by atoms with Crippen LogP contribution in [0.4, 0.5) is 8.78 Å². The van der Waals surface area contributed by atoms with E-state index in [4.69, 9.17) is 5.73 Å². The van der Waals surface area contributed by atoms with Crippen molar-refractivity contribution in [3.8, 4) is 0 Å². The summed E-state index contributed by atoms with van der Waals surface area (Å²) < 4.78 is 26.8. The van der Waals surface area contributed by atoms with Crippen LogP contribution in [0.25, 0.3) is 0 Å². The minimum Gasteiger partial charge on any atom is -0.366 e. The van der Waals surface area contributed by atoms with Crippen molar-refractivity contribution < 1.29 is 18.4 Å². The molecular weight excluding hydrogens is 260 g/mol. The van der Waals surface area contributed by atoms with Gasteiger partial charge in [-0.05, 0) is 6.07 Å². The Balaban J connectivity index is 2.60. The molecule has 2 amide bonds. The number of hydrogen-bond donors (Lipinski definition) is 2. The number of nitrogens with zero attached hydrogens (tertiary/aromatic N) is 1. The second-order valence-electron chi connectivity index (χ2n) is 4.28. The lowest BCUT2D eigenvalue weighted by Gasteiger charge is -2.09. The first-order valence-corrected chi connectivity index (χ1v) is 5.44. The maximum absolute atomic E-state index is 13.0. The van der Waals surface area contributed by atoms with Gasteiger partial charge in [-0.15, -0.1) is 0 Å². The van der Waals surface area contributed by atoms with Crippen LogP contribution in [0.3, 0.4) is 0 Å². The van der Waals surface area contributed by atoms with Gasteiger partial charge in [-0.1, -0.05) is 0 Å². The summed E-state index contributed by atoms with van der Waals surface area (Å²) in [4.78, 5) is 34.6. The van der Waals surface area contributed by atoms with Gasteiger partial charge in [0.2, 0.25) is 5.91 Å². The van der Waals surface area contributed by atoms with Gasteiger partial charge in [-0.25, -0.2) is 8.78 Å². The number of pyridine rings is 1. The zero-order valence-corrected chi connectivity index (χ0v) is 9.94. The van der Waals surface area contributed by atoms with E-state index in [9.17, 15) is 23.2 Å². The summed E-state index contributed by atoms with van der Waals surface area (Å²) in [5, 5.41) is 2.20. The number of primary amides is 1. The van der Waals surface area contributed by atoms with Gasteiger partial charge in [0.15, 0.2) is 0 Å². The van der Waals surface area contributed by atoms with E-state index in [0.717, 1.165) is 12.3 Å². The van der Waals surface area contributed by atoms with Crippen LogP contribution in [0.1, 0.15) is 33.2 Å². The van der Waals surface area contributed by atoms with Gasteiger partial charge in [-0.2, -0.15) is 0 Å². The molecule has 0 spiro atoms. The van der Waals surface area contributed by atoms with Crippen molar-refractivity contribution in [2.45, 2.75) is 18.4 Å². The molecule has 1 aromatic rings. The maximum atomic E-state index is 13.0. The molecule has 1 aromatic heterocycles. The van der Waals surface area contributed by atoms with Crippen molar-refractivity contribution in [3.63, 3.8) is 0 Å². The summed E-state index contributed by atoms with van der Waals surface area (Å²) in [7, 11) is 1.29. The van der Waals surface area contributed by atoms with Gasteiger partial charge in [0, 0.05) is 19.7 Å². The molecule has 19 heavy (non-hydrogen) atoms. The highest BCUT2D eigenvalue weighted by Gasteiger charge is 2.58. The van der Waals surface area contributed by atoms with Crippen LogP contribution in [0.2, 0.25) is 0 Å². The fourth-order valence-corrected chi connectivity index (χ4v) is 1.77. The molecule has 1 aliphatic rings. The number of halogens is 2. The van der Waals surface area contributed by atoms with Crippen LogP contribution in [-0.2, 0) is 0 Å². The van der Waals surface area contributed by atoms with Crippen LogP contribution < -0.4 is 16.6 Å². The van der Waals surface area contributed by atoms with E-state index in [1.807, 2.05) is 0 Å². The van der Waals surface area contributed by atoms with E-state index in [1.165, 1.54) is 7.05 Å². The Labute approximate surface area is 106 Å². The second kappa shape index (κ2) is 4.15. The van der Waals surface area contributed by atoms with Crippen molar-refractivity contribution in [2.75, 3.05) is 7.05 Å². The molecule has 0 saturated heterocycles. The Hall–Kier alpha value is -2.25. The lowest BCUT2D eigenvalue weighted by Crippen LogP contribution is -2.33. The number of aromatic nitrogens is 1. The molecule has 6 nitrogen and oxygen atoms in total. The van der Waals surface area contributed by atoms with Crippen LogP contribution in [-0.4, -0.2) is 29.4 Å². The third-order valence-corrected chi connectivity index (χ3v) is 2.93. The van der Waals surface area contributed by atoms with Crippen LogP contribution in [0, 0.1) is 0 Å². The lowest BCUT2D eigenvalue weighted by molar-refractivity contribution is 0.0945. The van der Waals surface area contributed by atoms with Crippen molar-refractivity contribution in [2.24, 2.45) is 5.73 Å². The van der Waals surface area contributed by atoms with Gasteiger partial charge < -0.3 is 15.6 Å². The molecule has 0 bridgehead atoms. The first-order chi connectivity index (χ1) is 8.77. The zero-order chi connectivity index (χ0) is 14.4. The molecule has 1 atom stereocenters. The van der Waals surface area contributed by atoms with E-state index in [-0.39, 0.29) is 11.1 Å². The van der Waals surface area contributed by atoms with Crippen molar-refractivity contribution in [3.05, 3.63) is 33.7 Å². The summed E-state index contributed by atoms with van der Waals surface area (Å²) in [5.41, 5.74) is 3.64. The smallest absolute Gasteiger partial charge is 0.270 e. The number of carbonyl (C=O) groups excluding carboxylic acids is 2. The molecule has 2 rings (SSSR count). The topological polar surface area (TPSA) is 94.2 Å². The Kier molecular flexibility index (Phi) is 2.88. The molecule has 3 N–H and O–H groups in total. The Morgan fingerprint density at radius 2 is 2.11 bits per heavy atom. The van der Waals surface area contributed by atoms with Crippen LogP contribution in [0.5, 0.6) is 0 Å². The van der Waals surface area contributed by atoms with Crippen molar-refractivity contribution in [1.29, 1.82) is 0 Å². The minimum absolute atomic E-state index is 0.166. The van der Waals surface area contributed by atoms with Crippen molar-refractivity contribution >= 4 is 11.8 Å². The number of amides is 2. The van der Waals surface area contributed by atoms with Crippen molar-refractivity contribution in [1.82, 2.24) is 9.88 Å².